The third-order valence-corrected chi connectivity index (χ3v) is 8.51. The van der Waals surface area contributed by atoms with Gasteiger partial charge in [0, 0.05) is 5.56 Å². The first kappa shape index (κ1) is 22.9. The topological polar surface area (TPSA) is 87.4 Å². The van der Waals surface area contributed by atoms with E-state index in [1.807, 2.05) is 0 Å². The number of sulfone groups is 1. The van der Waals surface area contributed by atoms with Crippen LogP contribution in [0.1, 0.15) is 30.3 Å². The molecular formula is C25H19Cl2N3O3S. The summed E-state index contributed by atoms with van der Waals surface area (Å²) >= 11 is 13.2. The fraction of sp³-hybridized carbons (Fsp3) is 0.200. The molecule has 0 amide bonds. The van der Waals surface area contributed by atoms with Gasteiger partial charge in [-0.05, 0) is 48.1 Å². The molecule has 0 aliphatic heterocycles. The largest absolute Gasteiger partial charge is 0.380 e. The molecule has 1 unspecified atom stereocenters. The summed E-state index contributed by atoms with van der Waals surface area (Å²) in [7, 11) is -3.33. The van der Waals surface area contributed by atoms with Gasteiger partial charge in [-0.2, -0.15) is 0 Å². The van der Waals surface area contributed by atoms with Crippen LogP contribution >= 0.6 is 23.2 Å². The Morgan fingerprint density at radius 3 is 2.53 bits per heavy atom. The van der Waals surface area contributed by atoms with Gasteiger partial charge in [0.15, 0.2) is 15.5 Å². The van der Waals surface area contributed by atoms with Crippen molar-refractivity contribution in [2.75, 3.05) is 5.75 Å². The first-order valence-corrected chi connectivity index (χ1v) is 13.0. The quantitative estimate of drug-likeness (QED) is 0.295. The number of H-pyrrole nitrogens is 1. The van der Waals surface area contributed by atoms with E-state index in [1.165, 1.54) is 12.1 Å². The van der Waals surface area contributed by atoms with Crippen LogP contribution in [0.5, 0.6) is 0 Å². The SMILES string of the molecule is [C-]#[N+]c1ccccc1-c1c(Cl)cc2[nH]c(C(O)c3ccc(S(=O)(=O)CC4CC4)cc3)nc2c1Cl. The number of hydrogen-bond donors (Lipinski definition) is 2. The summed E-state index contributed by atoms with van der Waals surface area (Å²) < 4.78 is 25.0. The summed E-state index contributed by atoms with van der Waals surface area (Å²) in [6.45, 7) is 7.43. The van der Waals surface area contributed by atoms with Gasteiger partial charge in [0.05, 0.1) is 32.8 Å². The number of fused-ring (bicyclic) bond motifs is 1. The molecule has 2 N–H and O–H groups in total. The molecule has 1 aromatic heterocycles. The molecule has 6 nitrogen and oxygen atoms in total. The number of para-hydroxylation sites is 1. The van der Waals surface area contributed by atoms with Crippen molar-refractivity contribution in [3.63, 3.8) is 0 Å². The predicted molar refractivity (Wildman–Crippen MR) is 133 cm³/mol. The zero-order chi connectivity index (χ0) is 24.0. The molecule has 0 saturated heterocycles. The maximum absolute atomic E-state index is 12.5. The highest BCUT2D eigenvalue weighted by molar-refractivity contribution is 7.91. The Labute approximate surface area is 206 Å². The second kappa shape index (κ2) is 8.71. The number of imidazole rings is 1. The van der Waals surface area contributed by atoms with Crippen molar-refractivity contribution in [3.05, 3.63) is 87.4 Å². The van der Waals surface area contributed by atoms with Gasteiger partial charge in [-0.25, -0.2) is 18.2 Å². The maximum atomic E-state index is 12.5. The predicted octanol–water partition coefficient (Wildman–Crippen LogP) is 6.35. The minimum atomic E-state index is -3.33. The zero-order valence-electron chi connectivity index (χ0n) is 17.8. The number of aliphatic hydroxyl groups excluding tert-OH is 1. The number of hydrogen-bond acceptors (Lipinski definition) is 4. The summed E-state index contributed by atoms with van der Waals surface area (Å²) in [6, 6.07) is 14.9. The van der Waals surface area contributed by atoms with Gasteiger partial charge < -0.3 is 10.1 Å². The summed E-state index contributed by atoms with van der Waals surface area (Å²) in [5, 5.41) is 11.5. The van der Waals surface area contributed by atoms with Gasteiger partial charge in [-0.1, -0.05) is 59.6 Å². The second-order valence-corrected chi connectivity index (χ2v) is 11.2. The summed E-state index contributed by atoms with van der Waals surface area (Å²) in [4.78, 5) is 11.3. The summed E-state index contributed by atoms with van der Waals surface area (Å²) in [6.07, 6.45) is 0.793. The average Bonchev–Trinajstić information content (AvgIpc) is 3.53. The third-order valence-electron chi connectivity index (χ3n) is 5.95. The molecule has 1 atom stereocenters. The van der Waals surface area contributed by atoms with Crippen molar-refractivity contribution in [1.82, 2.24) is 9.97 Å². The first-order chi connectivity index (χ1) is 16.3. The van der Waals surface area contributed by atoms with Crippen LogP contribution < -0.4 is 0 Å². The molecule has 0 bridgehead atoms. The van der Waals surface area contributed by atoms with E-state index in [4.69, 9.17) is 29.8 Å². The van der Waals surface area contributed by atoms with E-state index in [-0.39, 0.29) is 27.4 Å². The minimum Gasteiger partial charge on any atom is -0.380 e. The number of nitrogens with one attached hydrogen (secondary N) is 1. The molecule has 1 saturated carbocycles. The summed E-state index contributed by atoms with van der Waals surface area (Å²) in [5.41, 5.74) is 2.96. The van der Waals surface area contributed by atoms with Crippen LogP contribution in [0.15, 0.2) is 59.5 Å². The smallest absolute Gasteiger partial charge is 0.195 e. The number of nitrogens with zero attached hydrogens (tertiary/aromatic N) is 2. The van der Waals surface area contributed by atoms with Gasteiger partial charge in [0.1, 0.15) is 17.4 Å². The Balaban J connectivity index is 1.50. The molecule has 172 valence electrons. The van der Waals surface area contributed by atoms with Gasteiger partial charge >= 0.3 is 0 Å². The van der Waals surface area contributed by atoms with E-state index in [0.717, 1.165) is 12.8 Å². The van der Waals surface area contributed by atoms with E-state index in [9.17, 15) is 13.5 Å². The zero-order valence-corrected chi connectivity index (χ0v) is 20.1. The Hall–Kier alpha value is -2.89. The molecule has 1 heterocycles. The van der Waals surface area contributed by atoms with E-state index in [2.05, 4.69) is 14.8 Å². The monoisotopic (exact) mass is 511 g/mol. The standard InChI is InChI=1S/C25H19Cl2N3O3S/c1-28-19-5-3-2-4-17(19)21-18(26)12-20-23(22(21)27)30-25(29-20)24(31)15-8-10-16(11-9-15)34(32,33)13-14-6-7-14/h2-5,8-12,14,24,31H,6-7,13H2,(H,29,30). The van der Waals surface area contributed by atoms with E-state index in [0.29, 0.717) is 38.4 Å². The number of halogens is 2. The number of rotatable bonds is 6. The van der Waals surface area contributed by atoms with Crippen LogP contribution in [0, 0.1) is 12.5 Å². The highest BCUT2D eigenvalue weighted by Crippen LogP contribution is 2.43. The summed E-state index contributed by atoms with van der Waals surface area (Å²) in [5.74, 6) is 0.669. The molecule has 34 heavy (non-hydrogen) atoms. The van der Waals surface area contributed by atoms with Gasteiger partial charge in [0.25, 0.3) is 0 Å². The normalized spacial score (nSPS) is 14.8. The number of aromatic amines is 1. The number of aliphatic hydroxyl groups is 1. The average molecular weight is 512 g/mol. The van der Waals surface area contributed by atoms with Crippen molar-refractivity contribution in [1.29, 1.82) is 0 Å². The molecule has 0 radical (unpaired) electrons. The van der Waals surface area contributed by atoms with E-state index >= 15 is 0 Å². The first-order valence-electron chi connectivity index (χ1n) is 10.6. The number of benzene rings is 3. The van der Waals surface area contributed by atoms with Gasteiger partial charge in [-0.3, -0.25) is 0 Å². The van der Waals surface area contributed by atoms with Crippen LogP contribution in [-0.4, -0.2) is 29.2 Å². The third kappa shape index (κ3) is 4.19. The molecule has 9 heteroatoms. The van der Waals surface area contributed by atoms with Crippen molar-refractivity contribution in [3.8, 4) is 11.1 Å². The van der Waals surface area contributed by atoms with Crippen molar-refractivity contribution in [2.24, 2.45) is 5.92 Å². The molecule has 5 rings (SSSR count). The Morgan fingerprint density at radius 1 is 1.15 bits per heavy atom. The van der Waals surface area contributed by atoms with Crippen LogP contribution in [0.3, 0.4) is 0 Å². The molecule has 1 aliphatic carbocycles. The van der Waals surface area contributed by atoms with Crippen LogP contribution in [0.25, 0.3) is 27.0 Å². The lowest BCUT2D eigenvalue weighted by Gasteiger charge is -2.10. The van der Waals surface area contributed by atoms with E-state index < -0.39 is 15.9 Å². The molecule has 0 spiro atoms. The second-order valence-electron chi connectivity index (χ2n) is 8.39. The number of aromatic nitrogens is 2. The molecule has 1 aliphatic rings. The van der Waals surface area contributed by atoms with Crippen molar-refractivity contribution >= 4 is 49.8 Å². The fourth-order valence-corrected chi connectivity index (χ4v) is 6.36. The Kier molecular flexibility index (Phi) is 5.86. The maximum Gasteiger partial charge on any atom is 0.195 e. The van der Waals surface area contributed by atoms with Crippen molar-refractivity contribution in [2.45, 2.75) is 23.8 Å². The Bertz CT molecular complexity index is 1550. The lowest BCUT2D eigenvalue weighted by atomic mass is 10.0. The van der Waals surface area contributed by atoms with Crippen molar-refractivity contribution < 1.29 is 13.5 Å². The fourth-order valence-electron chi connectivity index (χ4n) is 3.96. The van der Waals surface area contributed by atoms with Gasteiger partial charge in [0.2, 0.25) is 0 Å². The lowest BCUT2D eigenvalue weighted by Crippen LogP contribution is -2.09. The van der Waals surface area contributed by atoms with Crippen LogP contribution in [0.2, 0.25) is 10.0 Å². The van der Waals surface area contributed by atoms with Crippen LogP contribution in [-0.2, 0) is 9.84 Å². The Morgan fingerprint density at radius 2 is 1.85 bits per heavy atom. The molecule has 4 aromatic rings. The minimum absolute atomic E-state index is 0.163. The molecule has 1 fully saturated rings. The highest BCUT2D eigenvalue weighted by atomic mass is 35.5. The lowest BCUT2D eigenvalue weighted by molar-refractivity contribution is 0.211. The van der Waals surface area contributed by atoms with E-state index in [1.54, 1.807) is 42.5 Å². The van der Waals surface area contributed by atoms with Gasteiger partial charge in [-0.15, -0.1) is 0 Å². The molecular weight excluding hydrogens is 493 g/mol. The van der Waals surface area contributed by atoms with Crippen LogP contribution in [0.4, 0.5) is 5.69 Å². The molecule has 3 aromatic carbocycles. The highest BCUT2D eigenvalue weighted by Gasteiger charge is 2.29.